The molecule has 2 fully saturated rings. The van der Waals surface area contributed by atoms with Gasteiger partial charge in [-0.15, -0.1) is 11.8 Å². The number of benzene rings is 2. The number of rotatable bonds is 6. The normalized spacial score (nSPS) is 19.5. The summed E-state index contributed by atoms with van der Waals surface area (Å²) >= 11 is 1.43. The van der Waals surface area contributed by atoms with Crippen LogP contribution < -0.4 is 10.2 Å². The summed E-state index contributed by atoms with van der Waals surface area (Å²) in [4.78, 5) is 26.2. The van der Waals surface area contributed by atoms with Gasteiger partial charge in [-0.2, -0.15) is 13.2 Å². The predicted molar refractivity (Wildman–Crippen MR) is 120 cm³/mol. The Morgan fingerprint density at radius 3 is 2.31 bits per heavy atom. The van der Waals surface area contributed by atoms with Crippen LogP contribution in [-0.4, -0.2) is 17.6 Å². The molecule has 1 N–H and O–H groups in total. The van der Waals surface area contributed by atoms with Crippen LogP contribution in [0.25, 0.3) is 0 Å². The van der Waals surface area contributed by atoms with E-state index in [9.17, 15) is 22.8 Å². The Balaban J connectivity index is 1.41. The van der Waals surface area contributed by atoms with Crippen LogP contribution in [0.2, 0.25) is 0 Å². The minimum Gasteiger partial charge on any atom is -0.326 e. The third kappa shape index (κ3) is 5.28. The van der Waals surface area contributed by atoms with Gasteiger partial charge < -0.3 is 5.32 Å². The molecule has 2 aromatic rings. The molecular formula is C24H25F3N2O2S. The maximum Gasteiger partial charge on any atom is 0.416 e. The molecule has 1 saturated heterocycles. The molecule has 0 bridgehead atoms. The summed E-state index contributed by atoms with van der Waals surface area (Å²) in [5.74, 6) is 0.771. The second-order valence-corrected chi connectivity index (χ2v) is 9.40. The lowest BCUT2D eigenvalue weighted by molar-refractivity contribution is -0.137. The summed E-state index contributed by atoms with van der Waals surface area (Å²) in [6.07, 6.45) is 1.98. The summed E-state index contributed by atoms with van der Waals surface area (Å²) < 4.78 is 38.6. The van der Waals surface area contributed by atoms with Crippen molar-refractivity contribution in [2.24, 2.45) is 5.92 Å². The molecule has 1 saturated carbocycles. The van der Waals surface area contributed by atoms with Gasteiger partial charge in [0, 0.05) is 17.8 Å². The van der Waals surface area contributed by atoms with Crippen LogP contribution in [0.15, 0.2) is 48.5 Å². The van der Waals surface area contributed by atoms with Crippen LogP contribution in [0, 0.1) is 5.92 Å². The highest BCUT2D eigenvalue weighted by molar-refractivity contribution is 8.00. The molecule has 4 nitrogen and oxygen atoms in total. The third-order valence-corrected chi connectivity index (χ3v) is 7.29. The number of hydrogen-bond acceptors (Lipinski definition) is 3. The van der Waals surface area contributed by atoms with E-state index in [1.165, 1.54) is 54.5 Å². The number of amides is 2. The Morgan fingerprint density at radius 2 is 1.69 bits per heavy atom. The number of halogens is 3. The van der Waals surface area contributed by atoms with Gasteiger partial charge in [-0.3, -0.25) is 14.5 Å². The molecule has 32 heavy (non-hydrogen) atoms. The lowest BCUT2D eigenvalue weighted by atomic mass is 10.0. The zero-order valence-corrected chi connectivity index (χ0v) is 18.3. The number of hydrogen-bond donors (Lipinski definition) is 1. The Morgan fingerprint density at radius 1 is 1.03 bits per heavy atom. The highest BCUT2D eigenvalue weighted by Crippen LogP contribution is 2.42. The van der Waals surface area contributed by atoms with Crippen molar-refractivity contribution in [3.8, 4) is 0 Å². The first-order valence-electron chi connectivity index (χ1n) is 10.8. The maximum atomic E-state index is 12.9. The van der Waals surface area contributed by atoms with E-state index in [-0.39, 0.29) is 22.9 Å². The van der Waals surface area contributed by atoms with Crippen LogP contribution in [0.1, 0.15) is 55.0 Å². The Bertz CT molecular complexity index is 955. The summed E-state index contributed by atoms with van der Waals surface area (Å²) in [5, 5.41) is 2.60. The van der Waals surface area contributed by atoms with E-state index in [1.54, 1.807) is 12.1 Å². The number of anilines is 2. The van der Waals surface area contributed by atoms with E-state index in [2.05, 4.69) is 5.32 Å². The second-order valence-electron chi connectivity index (χ2n) is 8.33. The minimum atomic E-state index is -4.42. The zero-order chi connectivity index (χ0) is 22.7. The van der Waals surface area contributed by atoms with E-state index < -0.39 is 11.7 Å². The molecule has 170 valence electrons. The van der Waals surface area contributed by atoms with Gasteiger partial charge in [0.1, 0.15) is 5.37 Å². The van der Waals surface area contributed by atoms with Crippen molar-refractivity contribution in [1.29, 1.82) is 0 Å². The standard InChI is InChI=1S/C24H25F3N2O2S/c25-24(26,27)18-8-12-20(13-9-18)29-22(31)15-32-23(29)17-6-10-19(11-7-17)28-21(30)14-5-16-3-1-2-4-16/h6-13,16,23H,1-5,14-15H2,(H,28,30). The van der Waals surface area contributed by atoms with Crippen LogP contribution in [0.3, 0.4) is 0 Å². The fraction of sp³-hybridized carbons (Fsp3) is 0.417. The largest absolute Gasteiger partial charge is 0.416 e. The molecule has 1 aliphatic heterocycles. The average Bonchev–Trinajstić information content (AvgIpc) is 3.42. The van der Waals surface area contributed by atoms with Crippen molar-refractivity contribution >= 4 is 35.0 Å². The van der Waals surface area contributed by atoms with E-state index in [0.29, 0.717) is 23.7 Å². The van der Waals surface area contributed by atoms with Crippen molar-refractivity contribution in [2.75, 3.05) is 16.0 Å². The van der Waals surface area contributed by atoms with Gasteiger partial charge in [0.25, 0.3) is 0 Å². The number of nitrogens with one attached hydrogen (secondary N) is 1. The highest BCUT2D eigenvalue weighted by Gasteiger charge is 2.35. The van der Waals surface area contributed by atoms with Gasteiger partial charge in [0.15, 0.2) is 0 Å². The summed E-state index contributed by atoms with van der Waals surface area (Å²) in [6, 6.07) is 11.9. The summed E-state index contributed by atoms with van der Waals surface area (Å²) in [5.41, 5.74) is 1.23. The molecule has 2 aromatic carbocycles. The van der Waals surface area contributed by atoms with Crippen molar-refractivity contribution in [2.45, 2.75) is 50.1 Å². The number of nitrogens with zero attached hydrogens (tertiary/aromatic N) is 1. The quantitative estimate of drug-likeness (QED) is 0.541. The Kier molecular flexibility index (Phi) is 6.79. The van der Waals surface area contributed by atoms with Crippen molar-refractivity contribution in [1.82, 2.24) is 0 Å². The lowest BCUT2D eigenvalue weighted by Gasteiger charge is -2.25. The highest BCUT2D eigenvalue weighted by atomic mass is 32.2. The third-order valence-electron chi connectivity index (χ3n) is 6.07. The molecule has 0 aromatic heterocycles. The second kappa shape index (κ2) is 9.57. The smallest absolute Gasteiger partial charge is 0.326 e. The van der Waals surface area contributed by atoms with Crippen LogP contribution in [-0.2, 0) is 15.8 Å². The lowest BCUT2D eigenvalue weighted by Crippen LogP contribution is -2.27. The predicted octanol–water partition coefficient (Wildman–Crippen LogP) is 6.39. The van der Waals surface area contributed by atoms with Crippen molar-refractivity contribution in [3.05, 3.63) is 59.7 Å². The molecule has 1 unspecified atom stereocenters. The van der Waals surface area contributed by atoms with E-state index >= 15 is 0 Å². The fourth-order valence-corrected chi connectivity index (χ4v) is 5.53. The number of alkyl halides is 3. The molecule has 2 aliphatic rings. The Labute approximate surface area is 189 Å². The summed E-state index contributed by atoms with van der Waals surface area (Å²) in [6.45, 7) is 0. The minimum absolute atomic E-state index is 0.00134. The molecule has 4 rings (SSSR count). The molecule has 1 aliphatic carbocycles. The van der Waals surface area contributed by atoms with E-state index in [0.717, 1.165) is 24.1 Å². The fourth-order valence-electron chi connectivity index (χ4n) is 4.35. The first kappa shape index (κ1) is 22.7. The maximum absolute atomic E-state index is 12.9. The Hall–Kier alpha value is -2.48. The van der Waals surface area contributed by atoms with Gasteiger partial charge >= 0.3 is 6.18 Å². The van der Waals surface area contributed by atoms with Crippen LogP contribution in [0.4, 0.5) is 24.5 Å². The molecule has 2 amide bonds. The molecule has 1 atom stereocenters. The number of carbonyl (C=O) groups is 2. The zero-order valence-electron chi connectivity index (χ0n) is 17.5. The molecule has 1 heterocycles. The van der Waals surface area contributed by atoms with Crippen LogP contribution in [0.5, 0.6) is 0 Å². The van der Waals surface area contributed by atoms with E-state index in [4.69, 9.17) is 0 Å². The first-order valence-corrected chi connectivity index (χ1v) is 11.9. The van der Waals surface area contributed by atoms with Gasteiger partial charge in [-0.05, 0) is 54.3 Å². The SMILES string of the molecule is O=C(CCC1CCCC1)Nc1ccc(C2SCC(=O)N2c2ccc(C(F)(F)F)cc2)cc1. The monoisotopic (exact) mass is 462 g/mol. The van der Waals surface area contributed by atoms with E-state index in [1.807, 2.05) is 12.1 Å². The molecule has 8 heteroatoms. The van der Waals surface area contributed by atoms with Gasteiger partial charge in [0.05, 0.1) is 11.3 Å². The first-order chi connectivity index (χ1) is 15.3. The van der Waals surface area contributed by atoms with Crippen molar-refractivity contribution < 1.29 is 22.8 Å². The topological polar surface area (TPSA) is 49.4 Å². The molecule has 0 radical (unpaired) electrons. The van der Waals surface area contributed by atoms with Gasteiger partial charge in [-0.1, -0.05) is 37.8 Å². The number of carbonyl (C=O) groups excluding carboxylic acids is 2. The average molecular weight is 463 g/mol. The summed E-state index contributed by atoms with van der Waals surface area (Å²) in [7, 11) is 0. The molecule has 0 spiro atoms. The van der Waals surface area contributed by atoms with Crippen molar-refractivity contribution in [3.63, 3.8) is 0 Å². The van der Waals surface area contributed by atoms with Gasteiger partial charge in [0.2, 0.25) is 11.8 Å². The number of thioether (sulfide) groups is 1. The van der Waals surface area contributed by atoms with Crippen LogP contribution >= 0.6 is 11.8 Å². The molecular weight excluding hydrogens is 437 g/mol. The van der Waals surface area contributed by atoms with Gasteiger partial charge in [-0.25, -0.2) is 0 Å².